The van der Waals surface area contributed by atoms with Crippen LogP contribution in [0.15, 0.2) is 115 Å². The number of nitrogens with zero attached hydrogens (tertiary/aromatic N) is 5. The number of pyridine rings is 1. The number of hydrogen-bond donors (Lipinski definition) is 0. The lowest BCUT2D eigenvalue weighted by atomic mass is 10.1. The van der Waals surface area contributed by atoms with E-state index in [1.165, 1.54) is 5.39 Å². The molecule has 0 aliphatic carbocycles. The van der Waals surface area contributed by atoms with Crippen LogP contribution in [-0.2, 0) is 0 Å². The zero-order valence-electron chi connectivity index (χ0n) is 23.2. The summed E-state index contributed by atoms with van der Waals surface area (Å²) in [5.41, 5.74) is 8.37. The van der Waals surface area contributed by atoms with Gasteiger partial charge < -0.3 is 0 Å². The SMILES string of the molecule is CC.CC.c1ccc(-n2c3ccccc3c3nc4c(nc32)c2ncccc2n4-c2cccc3ccccc23)cc1. The maximum atomic E-state index is 5.31. The molecule has 0 amide bonds. The molecule has 0 radical (unpaired) electrons. The van der Waals surface area contributed by atoms with Gasteiger partial charge in [-0.05, 0) is 41.8 Å². The molecule has 0 aliphatic heterocycles. The Morgan fingerprint density at radius 1 is 0.475 bits per heavy atom. The van der Waals surface area contributed by atoms with E-state index in [0.29, 0.717) is 0 Å². The van der Waals surface area contributed by atoms with Crippen LogP contribution in [0.25, 0.3) is 66.4 Å². The molecule has 0 unspecified atom stereocenters. The minimum atomic E-state index is 0.797. The number of aromatic nitrogens is 5. The smallest absolute Gasteiger partial charge is 0.166 e. The average molecular weight is 522 g/mol. The van der Waals surface area contributed by atoms with Gasteiger partial charge in [0.25, 0.3) is 0 Å². The molecular weight excluding hydrogens is 490 g/mol. The second-order valence-electron chi connectivity index (χ2n) is 8.96. The highest BCUT2D eigenvalue weighted by atomic mass is 15.1. The first kappa shape index (κ1) is 25.3. The van der Waals surface area contributed by atoms with Gasteiger partial charge in [-0.25, -0.2) is 9.97 Å². The van der Waals surface area contributed by atoms with Crippen molar-refractivity contribution in [2.24, 2.45) is 0 Å². The molecule has 8 aromatic rings. The fraction of sp³-hybridized carbons (Fsp3) is 0.114. The Kier molecular flexibility index (Phi) is 6.71. The van der Waals surface area contributed by atoms with Crippen LogP contribution in [0.2, 0.25) is 0 Å². The van der Waals surface area contributed by atoms with Crippen LogP contribution in [0.4, 0.5) is 0 Å². The Bertz CT molecular complexity index is 2100. The number of benzene rings is 4. The van der Waals surface area contributed by atoms with Gasteiger partial charge >= 0.3 is 0 Å². The van der Waals surface area contributed by atoms with Gasteiger partial charge in [0.1, 0.15) is 16.6 Å². The van der Waals surface area contributed by atoms with Crippen LogP contribution >= 0.6 is 0 Å². The van der Waals surface area contributed by atoms with E-state index in [2.05, 4.69) is 106 Å². The van der Waals surface area contributed by atoms with Crippen LogP contribution in [0.3, 0.4) is 0 Å². The molecule has 0 bridgehead atoms. The van der Waals surface area contributed by atoms with Crippen LogP contribution in [0, 0.1) is 0 Å². The number of hydrogen-bond acceptors (Lipinski definition) is 3. The van der Waals surface area contributed by atoms with Crippen LogP contribution in [0.5, 0.6) is 0 Å². The van der Waals surface area contributed by atoms with E-state index in [4.69, 9.17) is 15.0 Å². The molecule has 4 heterocycles. The molecule has 4 aromatic carbocycles. The summed E-state index contributed by atoms with van der Waals surface area (Å²) in [6, 6.07) is 37.6. The fourth-order valence-corrected chi connectivity index (χ4v) is 5.41. The van der Waals surface area contributed by atoms with Crippen molar-refractivity contribution >= 4 is 55.0 Å². The maximum absolute atomic E-state index is 5.31. The highest BCUT2D eigenvalue weighted by molar-refractivity contribution is 6.12. The highest BCUT2D eigenvalue weighted by Gasteiger charge is 2.21. The van der Waals surface area contributed by atoms with Gasteiger partial charge in [0.15, 0.2) is 11.3 Å². The van der Waals surface area contributed by atoms with Crippen molar-refractivity contribution in [3.05, 3.63) is 115 Å². The lowest BCUT2D eigenvalue weighted by Gasteiger charge is -2.10. The minimum Gasteiger partial charge on any atom is -0.293 e. The summed E-state index contributed by atoms with van der Waals surface area (Å²) in [5.74, 6) is 0. The summed E-state index contributed by atoms with van der Waals surface area (Å²) in [7, 11) is 0. The molecule has 0 N–H and O–H groups in total. The van der Waals surface area contributed by atoms with Crippen molar-refractivity contribution in [3.63, 3.8) is 0 Å². The predicted octanol–water partition coefficient (Wildman–Crippen LogP) is 9.27. The summed E-state index contributed by atoms with van der Waals surface area (Å²) in [4.78, 5) is 15.3. The normalized spacial score (nSPS) is 11.0. The Morgan fingerprint density at radius 2 is 1.10 bits per heavy atom. The fourth-order valence-electron chi connectivity index (χ4n) is 5.41. The van der Waals surface area contributed by atoms with Crippen molar-refractivity contribution in [1.82, 2.24) is 24.1 Å². The predicted molar refractivity (Wildman–Crippen MR) is 169 cm³/mol. The Labute approximate surface area is 233 Å². The second-order valence-corrected chi connectivity index (χ2v) is 8.96. The third-order valence-electron chi connectivity index (χ3n) is 6.96. The molecule has 196 valence electrons. The van der Waals surface area contributed by atoms with Crippen LogP contribution in [0.1, 0.15) is 27.7 Å². The van der Waals surface area contributed by atoms with Gasteiger partial charge in [0, 0.05) is 22.7 Å². The van der Waals surface area contributed by atoms with Crippen molar-refractivity contribution < 1.29 is 0 Å². The Morgan fingerprint density at radius 3 is 1.93 bits per heavy atom. The van der Waals surface area contributed by atoms with Gasteiger partial charge in [-0.1, -0.05) is 100 Å². The Balaban J connectivity index is 0.000000694. The standard InChI is InChI=1S/C31H19N5.2C2H6/c1-2-12-21(13-3-1)35-25-16-7-6-15-23(25)27-30(35)34-29-28-26(18-9-19-32-28)36(31(29)33-27)24-17-8-11-20-10-4-5-14-22(20)24;2*1-2/h1-19H;2*1-2H3. The summed E-state index contributed by atoms with van der Waals surface area (Å²) in [6.45, 7) is 8.00. The molecule has 8 rings (SSSR count). The lowest BCUT2D eigenvalue weighted by Crippen LogP contribution is -1.99. The average Bonchev–Trinajstić information content (AvgIpc) is 3.54. The van der Waals surface area contributed by atoms with E-state index in [-0.39, 0.29) is 0 Å². The molecule has 4 aromatic heterocycles. The van der Waals surface area contributed by atoms with Gasteiger partial charge in [0.2, 0.25) is 0 Å². The molecule has 0 atom stereocenters. The first-order valence-electron chi connectivity index (χ1n) is 14.0. The summed E-state index contributed by atoms with van der Waals surface area (Å²) >= 11 is 0. The van der Waals surface area contributed by atoms with Gasteiger partial charge in [-0.15, -0.1) is 0 Å². The number of fused-ring (bicyclic) bond motifs is 7. The van der Waals surface area contributed by atoms with Crippen LogP contribution < -0.4 is 0 Å². The Hall–Kier alpha value is -5.03. The third kappa shape index (κ3) is 3.82. The number of rotatable bonds is 2. The molecule has 5 heteroatoms. The molecule has 40 heavy (non-hydrogen) atoms. The van der Waals surface area contributed by atoms with E-state index in [1.807, 2.05) is 46.0 Å². The molecule has 0 aliphatic rings. The van der Waals surface area contributed by atoms with E-state index in [9.17, 15) is 0 Å². The van der Waals surface area contributed by atoms with Gasteiger partial charge in [-0.3, -0.25) is 14.1 Å². The van der Waals surface area contributed by atoms with E-state index in [1.54, 1.807) is 0 Å². The third-order valence-corrected chi connectivity index (χ3v) is 6.96. The number of para-hydroxylation sites is 2. The van der Waals surface area contributed by atoms with Crippen molar-refractivity contribution in [2.45, 2.75) is 27.7 Å². The van der Waals surface area contributed by atoms with Gasteiger partial charge in [-0.2, -0.15) is 0 Å². The summed E-state index contributed by atoms with van der Waals surface area (Å²) in [6.07, 6.45) is 1.83. The largest absolute Gasteiger partial charge is 0.293 e. The molecule has 0 saturated carbocycles. The topological polar surface area (TPSA) is 48.5 Å². The lowest BCUT2D eigenvalue weighted by molar-refractivity contribution is 1.12. The molecule has 5 nitrogen and oxygen atoms in total. The zero-order valence-corrected chi connectivity index (χ0v) is 23.2. The van der Waals surface area contributed by atoms with E-state index >= 15 is 0 Å². The van der Waals surface area contributed by atoms with Gasteiger partial charge in [0.05, 0.1) is 16.7 Å². The van der Waals surface area contributed by atoms with Crippen LogP contribution in [-0.4, -0.2) is 24.1 Å². The summed E-state index contributed by atoms with van der Waals surface area (Å²) < 4.78 is 4.40. The second kappa shape index (κ2) is 10.6. The maximum Gasteiger partial charge on any atom is 0.166 e. The van der Waals surface area contributed by atoms with E-state index in [0.717, 1.165) is 61.0 Å². The van der Waals surface area contributed by atoms with E-state index < -0.39 is 0 Å². The highest BCUT2D eigenvalue weighted by Crippen LogP contribution is 2.36. The zero-order chi connectivity index (χ0) is 27.6. The molecule has 0 saturated heterocycles. The van der Waals surface area contributed by atoms with Crippen molar-refractivity contribution in [1.29, 1.82) is 0 Å². The van der Waals surface area contributed by atoms with Crippen molar-refractivity contribution in [3.8, 4) is 11.4 Å². The summed E-state index contributed by atoms with van der Waals surface area (Å²) in [5, 5.41) is 3.42. The minimum absolute atomic E-state index is 0.797. The first-order chi connectivity index (χ1) is 19.9. The molecule has 0 spiro atoms. The quantitative estimate of drug-likeness (QED) is 0.228. The first-order valence-corrected chi connectivity index (χ1v) is 14.0. The van der Waals surface area contributed by atoms with Crippen molar-refractivity contribution in [2.75, 3.05) is 0 Å². The molecular formula is C35H31N5. The molecule has 0 fully saturated rings. The monoisotopic (exact) mass is 521 g/mol.